The van der Waals surface area contributed by atoms with Crippen molar-refractivity contribution in [3.63, 3.8) is 0 Å². The minimum Gasteiger partial charge on any atom is -0.308 e. The predicted octanol–water partition coefficient (Wildman–Crippen LogP) is 8.27. The van der Waals surface area contributed by atoms with Crippen LogP contribution in [0.15, 0.2) is 97.2 Å². The predicted molar refractivity (Wildman–Crippen MR) is 137 cm³/mol. The molecular weight excluding hydrogens is 408 g/mol. The fourth-order valence-electron chi connectivity index (χ4n) is 5.48. The summed E-state index contributed by atoms with van der Waals surface area (Å²) in [6.45, 7) is 0. The van der Waals surface area contributed by atoms with Crippen molar-refractivity contribution in [2.24, 2.45) is 0 Å². The van der Waals surface area contributed by atoms with Crippen LogP contribution in [-0.2, 0) is 0 Å². The maximum atomic E-state index is 4.56. The van der Waals surface area contributed by atoms with Crippen LogP contribution in [-0.4, -0.2) is 9.38 Å². The van der Waals surface area contributed by atoms with Gasteiger partial charge in [0.1, 0.15) is 0 Å². The molecule has 0 unspecified atom stereocenters. The highest BCUT2D eigenvalue weighted by molar-refractivity contribution is 7.26. The molecular formula is C29H16N2S. The average molecular weight is 425 g/mol. The number of rotatable bonds is 1. The molecule has 148 valence electrons. The molecule has 4 heterocycles. The Bertz CT molecular complexity index is 1980. The lowest BCUT2D eigenvalue weighted by Crippen LogP contribution is -1.84. The number of aromatic nitrogens is 2. The molecule has 0 spiro atoms. The highest BCUT2D eigenvalue weighted by atomic mass is 32.1. The first-order valence-electron chi connectivity index (χ1n) is 10.8. The fourth-order valence-corrected chi connectivity index (χ4v) is 6.59. The highest BCUT2D eigenvalue weighted by Crippen LogP contribution is 2.45. The van der Waals surface area contributed by atoms with Crippen LogP contribution in [0.4, 0.5) is 0 Å². The van der Waals surface area contributed by atoms with Gasteiger partial charge in [0.2, 0.25) is 0 Å². The van der Waals surface area contributed by atoms with E-state index in [1.54, 1.807) is 0 Å². The molecule has 0 fully saturated rings. The number of benzene rings is 4. The van der Waals surface area contributed by atoms with Crippen LogP contribution >= 0.6 is 11.3 Å². The van der Waals surface area contributed by atoms with E-state index in [0.717, 1.165) is 11.3 Å². The van der Waals surface area contributed by atoms with E-state index in [1.807, 2.05) is 29.7 Å². The van der Waals surface area contributed by atoms with Gasteiger partial charge in [-0.25, -0.2) is 0 Å². The summed E-state index contributed by atoms with van der Waals surface area (Å²) >= 11 is 1.89. The molecule has 0 N–H and O–H groups in total. The number of pyridine rings is 1. The van der Waals surface area contributed by atoms with E-state index in [0.29, 0.717) is 0 Å². The molecule has 3 heteroatoms. The van der Waals surface area contributed by atoms with Crippen molar-refractivity contribution in [3.05, 3.63) is 97.2 Å². The van der Waals surface area contributed by atoms with Crippen LogP contribution in [0.5, 0.6) is 0 Å². The normalized spacial score (nSPS) is 12.4. The first-order valence-corrected chi connectivity index (χ1v) is 11.6. The molecule has 2 nitrogen and oxygen atoms in total. The maximum Gasteiger partial charge on any atom is 0.0702 e. The summed E-state index contributed by atoms with van der Waals surface area (Å²) in [4.78, 5) is 4.56. The minimum absolute atomic E-state index is 1.01. The summed E-state index contributed by atoms with van der Waals surface area (Å²) in [7, 11) is 0. The van der Waals surface area contributed by atoms with Crippen molar-refractivity contribution in [2.75, 3.05) is 0 Å². The molecule has 0 radical (unpaired) electrons. The van der Waals surface area contributed by atoms with Crippen LogP contribution in [0.3, 0.4) is 0 Å². The Labute approximate surface area is 187 Å². The number of thiophene rings is 1. The van der Waals surface area contributed by atoms with Crippen molar-refractivity contribution in [1.29, 1.82) is 0 Å². The zero-order valence-electron chi connectivity index (χ0n) is 17.0. The van der Waals surface area contributed by atoms with E-state index in [4.69, 9.17) is 0 Å². The van der Waals surface area contributed by atoms with Crippen LogP contribution < -0.4 is 0 Å². The van der Waals surface area contributed by atoms with Crippen molar-refractivity contribution < 1.29 is 0 Å². The zero-order chi connectivity index (χ0) is 20.8. The summed E-state index contributed by atoms with van der Waals surface area (Å²) in [5, 5.41) is 8.04. The molecule has 4 aromatic heterocycles. The molecule has 0 atom stereocenters. The molecule has 32 heavy (non-hydrogen) atoms. The Morgan fingerprint density at radius 1 is 0.594 bits per heavy atom. The second-order valence-electron chi connectivity index (χ2n) is 8.42. The largest absolute Gasteiger partial charge is 0.308 e. The van der Waals surface area contributed by atoms with Crippen LogP contribution in [0.2, 0.25) is 0 Å². The van der Waals surface area contributed by atoms with E-state index < -0.39 is 0 Å². The Morgan fingerprint density at radius 2 is 1.44 bits per heavy atom. The molecule has 0 bridgehead atoms. The molecule has 8 aromatic rings. The summed E-state index contributed by atoms with van der Waals surface area (Å²) in [6, 6.07) is 33.0. The summed E-state index contributed by atoms with van der Waals surface area (Å²) in [5.41, 5.74) is 6.02. The van der Waals surface area contributed by atoms with Gasteiger partial charge in [-0.3, -0.25) is 4.98 Å². The molecule has 0 saturated heterocycles. The van der Waals surface area contributed by atoms with Crippen LogP contribution in [0, 0.1) is 0 Å². The van der Waals surface area contributed by atoms with E-state index >= 15 is 0 Å². The lowest BCUT2D eigenvalue weighted by molar-refractivity contribution is 1.33. The van der Waals surface area contributed by atoms with Crippen LogP contribution in [0.1, 0.15) is 0 Å². The third-order valence-corrected chi connectivity index (χ3v) is 7.92. The van der Waals surface area contributed by atoms with E-state index in [-0.39, 0.29) is 0 Å². The molecule has 0 saturated carbocycles. The Morgan fingerprint density at radius 3 is 2.38 bits per heavy atom. The molecule has 0 aliphatic heterocycles. The second-order valence-corrected chi connectivity index (χ2v) is 9.50. The lowest BCUT2D eigenvalue weighted by Gasteiger charge is -2.03. The van der Waals surface area contributed by atoms with Gasteiger partial charge >= 0.3 is 0 Å². The topological polar surface area (TPSA) is 17.3 Å². The number of fused-ring (bicyclic) bond motifs is 10. The number of hydrogen-bond acceptors (Lipinski definition) is 2. The second kappa shape index (κ2) is 5.84. The third kappa shape index (κ3) is 1.97. The molecule has 0 aliphatic rings. The van der Waals surface area contributed by atoms with Crippen molar-refractivity contribution in [1.82, 2.24) is 9.38 Å². The first-order chi connectivity index (χ1) is 15.9. The van der Waals surface area contributed by atoms with E-state index in [9.17, 15) is 0 Å². The minimum atomic E-state index is 1.01. The van der Waals surface area contributed by atoms with Gasteiger partial charge in [-0.2, -0.15) is 0 Å². The summed E-state index contributed by atoms with van der Waals surface area (Å²) in [6.07, 6.45) is 1.86. The molecule has 0 aliphatic carbocycles. The zero-order valence-corrected chi connectivity index (χ0v) is 17.9. The third-order valence-electron chi connectivity index (χ3n) is 6.78. The Hall–Kier alpha value is -3.95. The Kier molecular flexibility index (Phi) is 3.05. The van der Waals surface area contributed by atoms with Gasteiger partial charge in [0.05, 0.1) is 22.2 Å². The number of nitrogens with zero attached hydrogens (tertiary/aromatic N) is 2. The highest BCUT2D eigenvalue weighted by Gasteiger charge is 2.20. The smallest absolute Gasteiger partial charge is 0.0702 e. The number of para-hydroxylation sites is 1. The van der Waals surface area contributed by atoms with Gasteiger partial charge in [-0.1, -0.05) is 48.5 Å². The lowest BCUT2D eigenvalue weighted by atomic mass is 10.0. The SMILES string of the molecule is c1ccc(-c2ccc3c(c2)c2cccc4c5c6c(ccc5n3c24)sc2ccccc26)nc1. The summed E-state index contributed by atoms with van der Waals surface area (Å²) < 4.78 is 5.17. The summed E-state index contributed by atoms with van der Waals surface area (Å²) in [5.74, 6) is 0. The van der Waals surface area contributed by atoms with Gasteiger partial charge in [-0.05, 0) is 42.5 Å². The first kappa shape index (κ1) is 16.7. The van der Waals surface area contributed by atoms with Crippen LogP contribution in [0.25, 0.3) is 69.5 Å². The fraction of sp³-hybridized carbons (Fsp3) is 0. The van der Waals surface area contributed by atoms with E-state index in [1.165, 1.54) is 58.3 Å². The number of hydrogen-bond donors (Lipinski definition) is 0. The average Bonchev–Trinajstić information content (AvgIpc) is 3.50. The van der Waals surface area contributed by atoms with Crippen molar-refractivity contribution in [2.45, 2.75) is 0 Å². The van der Waals surface area contributed by atoms with E-state index in [2.05, 4.69) is 88.2 Å². The standard InChI is InChI=1S/C29H16N2S/c1-2-10-25-19(6-1)28-26(32-25)14-13-24-27(28)20-8-5-7-18-21-16-17(22-9-3-4-15-30-22)11-12-23(21)31(24)29(18)20/h1-16H. The monoisotopic (exact) mass is 424 g/mol. The molecule has 4 aromatic carbocycles. The molecule has 8 rings (SSSR count). The van der Waals surface area contributed by atoms with Gasteiger partial charge in [0.25, 0.3) is 0 Å². The molecule has 0 amide bonds. The Balaban J connectivity index is 1.59. The van der Waals surface area contributed by atoms with Crippen molar-refractivity contribution >= 4 is 69.6 Å². The van der Waals surface area contributed by atoms with Gasteiger partial charge in [0, 0.05) is 53.5 Å². The quantitative estimate of drug-likeness (QED) is 0.259. The van der Waals surface area contributed by atoms with Crippen molar-refractivity contribution in [3.8, 4) is 11.3 Å². The van der Waals surface area contributed by atoms with Gasteiger partial charge < -0.3 is 4.40 Å². The maximum absolute atomic E-state index is 4.56. The van der Waals surface area contributed by atoms with Gasteiger partial charge in [-0.15, -0.1) is 11.3 Å². The van der Waals surface area contributed by atoms with Gasteiger partial charge in [0.15, 0.2) is 0 Å².